The Kier molecular flexibility index (Phi) is 4.07. The molecular weight excluding hydrogens is 226 g/mol. The van der Waals surface area contributed by atoms with Crippen LogP contribution in [0.4, 0.5) is 0 Å². The van der Waals surface area contributed by atoms with Crippen LogP contribution in [0.5, 0.6) is 0 Å². The fraction of sp³-hybridized carbons (Fsp3) is 0.455. The summed E-state index contributed by atoms with van der Waals surface area (Å²) in [6.45, 7) is 5.52. The Balaban J connectivity index is 3.38. The van der Waals surface area contributed by atoms with E-state index in [1.54, 1.807) is 19.9 Å². The van der Waals surface area contributed by atoms with Crippen LogP contribution in [0.15, 0.2) is 17.0 Å². The molecule has 0 saturated heterocycles. The van der Waals surface area contributed by atoms with Crippen molar-refractivity contribution < 1.29 is 13.5 Å². The summed E-state index contributed by atoms with van der Waals surface area (Å²) < 4.78 is 26.2. The molecule has 5 heteroatoms. The predicted molar refractivity (Wildman–Crippen MR) is 62.7 cm³/mol. The maximum absolute atomic E-state index is 11.9. The van der Waals surface area contributed by atoms with E-state index < -0.39 is 10.0 Å². The number of aliphatic hydroxyl groups is 1. The van der Waals surface area contributed by atoms with Crippen molar-refractivity contribution in [1.82, 2.24) is 4.72 Å². The molecule has 0 fully saturated rings. The lowest BCUT2D eigenvalue weighted by atomic mass is 10.1. The molecule has 0 amide bonds. The minimum Gasteiger partial charge on any atom is -0.392 e. The summed E-state index contributed by atoms with van der Waals surface area (Å²) >= 11 is 0. The molecule has 16 heavy (non-hydrogen) atoms. The second-order valence-corrected chi connectivity index (χ2v) is 5.43. The summed E-state index contributed by atoms with van der Waals surface area (Å²) in [5.74, 6) is 0. The molecule has 0 aliphatic carbocycles. The molecule has 0 saturated carbocycles. The van der Waals surface area contributed by atoms with Crippen molar-refractivity contribution in [3.63, 3.8) is 0 Å². The van der Waals surface area contributed by atoms with Crippen molar-refractivity contribution in [2.24, 2.45) is 0 Å². The average molecular weight is 243 g/mol. The molecule has 0 radical (unpaired) electrons. The van der Waals surface area contributed by atoms with Gasteiger partial charge in [0.25, 0.3) is 0 Å². The van der Waals surface area contributed by atoms with E-state index in [1.165, 1.54) is 6.07 Å². The number of hydrogen-bond acceptors (Lipinski definition) is 3. The molecule has 0 unspecified atom stereocenters. The van der Waals surface area contributed by atoms with Crippen LogP contribution in [-0.4, -0.2) is 20.1 Å². The minimum atomic E-state index is -3.46. The number of hydrogen-bond donors (Lipinski definition) is 2. The minimum absolute atomic E-state index is 0.157. The molecule has 0 aliphatic heterocycles. The zero-order valence-corrected chi connectivity index (χ0v) is 10.6. The monoisotopic (exact) mass is 243 g/mol. The van der Waals surface area contributed by atoms with Crippen LogP contribution in [0.25, 0.3) is 0 Å². The highest BCUT2D eigenvalue weighted by molar-refractivity contribution is 7.89. The molecule has 1 rings (SSSR count). The summed E-state index contributed by atoms with van der Waals surface area (Å²) in [5, 5.41) is 9.06. The van der Waals surface area contributed by atoms with Crippen molar-refractivity contribution in [3.8, 4) is 0 Å². The zero-order chi connectivity index (χ0) is 12.3. The highest BCUT2D eigenvalue weighted by Crippen LogP contribution is 2.20. The van der Waals surface area contributed by atoms with Gasteiger partial charge in [-0.25, -0.2) is 13.1 Å². The van der Waals surface area contributed by atoms with Gasteiger partial charge in [-0.15, -0.1) is 0 Å². The van der Waals surface area contributed by atoms with E-state index in [1.807, 2.05) is 6.92 Å². The van der Waals surface area contributed by atoms with E-state index in [4.69, 9.17) is 5.11 Å². The van der Waals surface area contributed by atoms with Crippen LogP contribution in [-0.2, 0) is 16.6 Å². The van der Waals surface area contributed by atoms with Gasteiger partial charge in [-0.3, -0.25) is 0 Å². The van der Waals surface area contributed by atoms with Crippen LogP contribution >= 0.6 is 0 Å². The Morgan fingerprint density at radius 2 is 1.94 bits per heavy atom. The predicted octanol–water partition coefficient (Wildman–Crippen LogP) is 1.09. The van der Waals surface area contributed by atoms with Gasteiger partial charge >= 0.3 is 0 Å². The first-order valence-corrected chi connectivity index (χ1v) is 6.61. The number of aliphatic hydroxyl groups excluding tert-OH is 1. The van der Waals surface area contributed by atoms with Gasteiger partial charge in [-0.05, 0) is 36.6 Å². The SMILES string of the molecule is CCNS(=O)(=O)c1cc(CO)cc(C)c1C. The molecule has 1 aromatic rings. The van der Waals surface area contributed by atoms with Crippen LogP contribution in [0.1, 0.15) is 23.6 Å². The van der Waals surface area contributed by atoms with Gasteiger partial charge in [-0.2, -0.15) is 0 Å². The topological polar surface area (TPSA) is 66.4 Å². The third kappa shape index (κ3) is 2.61. The van der Waals surface area contributed by atoms with Gasteiger partial charge in [0.05, 0.1) is 11.5 Å². The average Bonchev–Trinajstić information content (AvgIpc) is 2.21. The largest absolute Gasteiger partial charge is 0.392 e. The lowest BCUT2D eigenvalue weighted by Gasteiger charge is -2.12. The molecule has 90 valence electrons. The van der Waals surface area contributed by atoms with Gasteiger partial charge in [0.2, 0.25) is 10.0 Å². The molecule has 0 aromatic heterocycles. The fourth-order valence-corrected chi connectivity index (χ4v) is 2.94. The summed E-state index contributed by atoms with van der Waals surface area (Å²) in [7, 11) is -3.46. The number of rotatable bonds is 4. The smallest absolute Gasteiger partial charge is 0.240 e. The summed E-state index contributed by atoms with van der Waals surface area (Å²) in [6, 6.07) is 3.31. The molecule has 4 nitrogen and oxygen atoms in total. The van der Waals surface area contributed by atoms with Crippen molar-refractivity contribution in [1.29, 1.82) is 0 Å². The lowest BCUT2D eigenvalue weighted by Crippen LogP contribution is -2.24. The standard InChI is InChI=1S/C11H17NO3S/c1-4-12-16(14,15)11-6-10(7-13)5-8(2)9(11)3/h5-6,12-13H,4,7H2,1-3H3. The van der Waals surface area contributed by atoms with E-state index in [0.717, 1.165) is 11.1 Å². The lowest BCUT2D eigenvalue weighted by molar-refractivity contribution is 0.281. The van der Waals surface area contributed by atoms with E-state index in [0.29, 0.717) is 12.1 Å². The second kappa shape index (κ2) is 4.95. The van der Waals surface area contributed by atoms with E-state index in [-0.39, 0.29) is 11.5 Å². The normalized spacial score (nSPS) is 11.8. The number of nitrogens with one attached hydrogen (secondary N) is 1. The van der Waals surface area contributed by atoms with Crippen molar-refractivity contribution in [2.45, 2.75) is 32.3 Å². The van der Waals surface area contributed by atoms with E-state index in [2.05, 4.69) is 4.72 Å². The number of sulfonamides is 1. The molecule has 0 bridgehead atoms. The van der Waals surface area contributed by atoms with Crippen LogP contribution < -0.4 is 4.72 Å². The van der Waals surface area contributed by atoms with Crippen LogP contribution in [0.2, 0.25) is 0 Å². The first kappa shape index (κ1) is 13.2. The fourth-order valence-electron chi connectivity index (χ4n) is 1.54. The quantitative estimate of drug-likeness (QED) is 0.832. The highest BCUT2D eigenvalue weighted by atomic mass is 32.2. The van der Waals surface area contributed by atoms with Crippen LogP contribution in [0.3, 0.4) is 0 Å². The Morgan fingerprint density at radius 1 is 1.31 bits per heavy atom. The Hall–Kier alpha value is -0.910. The van der Waals surface area contributed by atoms with Gasteiger partial charge < -0.3 is 5.11 Å². The van der Waals surface area contributed by atoms with E-state index >= 15 is 0 Å². The Morgan fingerprint density at radius 3 is 2.44 bits per heavy atom. The third-order valence-corrected chi connectivity index (χ3v) is 4.16. The van der Waals surface area contributed by atoms with Gasteiger partial charge in [0, 0.05) is 6.54 Å². The molecule has 0 atom stereocenters. The second-order valence-electron chi connectivity index (χ2n) is 3.70. The highest BCUT2D eigenvalue weighted by Gasteiger charge is 2.17. The van der Waals surface area contributed by atoms with Crippen molar-refractivity contribution in [2.75, 3.05) is 6.54 Å². The first-order chi connectivity index (χ1) is 7.42. The van der Waals surface area contributed by atoms with E-state index in [9.17, 15) is 8.42 Å². The molecular formula is C11H17NO3S. The summed E-state index contributed by atoms with van der Waals surface area (Å²) in [5.41, 5.74) is 2.20. The summed E-state index contributed by atoms with van der Waals surface area (Å²) in [6.07, 6.45) is 0. The molecule has 0 aliphatic rings. The van der Waals surface area contributed by atoms with Gasteiger partial charge in [0.15, 0.2) is 0 Å². The number of aryl methyl sites for hydroxylation is 1. The summed E-state index contributed by atoms with van der Waals surface area (Å²) in [4.78, 5) is 0.249. The first-order valence-electron chi connectivity index (χ1n) is 5.13. The maximum atomic E-state index is 11.9. The molecule has 0 heterocycles. The van der Waals surface area contributed by atoms with Gasteiger partial charge in [0.1, 0.15) is 0 Å². The van der Waals surface area contributed by atoms with Gasteiger partial charge in [-0.1, -0.05) is 13.0 Å². The maximum Gasteiger partial charge on any atom is 0.240 e. The van der Waals surface area contributed by atoms with Crippen molar-refractivity contribution >= 4 is 10.0 Å². The Labute approximate surface area is 96.4 Å². The number of benzene rings is 1. The van der Waals surface area contributed by atoms with Crippen LogP contribution in [0, 0.1) is 13.8 Å². The Bertz CT molecular complexity index is 480. The molecule has 2 N–H and O–H groups in total. The molecule has 1 aromatic carbocycles. The van der Waals surface area contributed by atoms with Crippen molar-refractivity contribution in [3.05, 3.63) is 28.8 Å². The zero-order valence-electron chi connectivity index (χ0n) is 9.74. The molecule has 0 spiro atoms. The third-order valence-electron chi connectivity index (χ3n) is 2.49.